The number of methoxy groups -OCH3 is 1. The largest absolute Gasteiger partial charge is 0.480 e. The highest BCUT2D eigenvalue weighted by Crippen LogP contribution is 2.10. The third kappa shape index (κ3) is 20.7. The van der Waals surface area contributed by atoms with Crippen molar-refractivity contribution in [2.24, 2.45) is 0 Å². The van der Waals surface area contributed by atoms with Crippen LogP contribution in [0.2, 0.25) is 0 Å². The minimum absolute atomic E-state index is 0.187. The van der Waals surface area contributed by atoms with Crippen molar-refractivity contribution in [2.75, 3.05) is 7.11 Å². The Morgan fingerprint density at radius 2 is 0.981 bits per heavy atom. The van der Waals surface area contributed by atoms with Crippen molar-refractivity contribution in [2.45, 2.75) is 104 Å². The summed E-state index contributed by atoms with van der Waals surface area (Å²) in [5, 5.41) is 18.8. The zero-order valence-electron chi connectivity index (χ0n) is 31.9. The van der Waals surface area contributed by atoms with Crippen LogP contribution in [0, 0.1) is 0 Å². The van der Waals surface area contributed by atoms with Crippen molar-refractivity contribution >= 4 is 48.1 Å². The number of hydrogen-bond acceptors (Lipinski definition) is 9. The molecule has 14 nitrogen and oxygen atoms in total. The van der Waals surface area contributed by atoms with Gasteiger partial charge in [-0.3, -0.25) is 14.4 Å². The standard InChI is InChI=1S/C20H28N2O5.C19H26N2O5/c1-14(18(24)26-5)21-17(23)16(22-19(25)27-20(2,3)4)13-9-12-15-10-7-6-8-11-15;1-13(17(23)24)20-16(22)15(21-18(25)26-19(2,3)4)12-8-11-14-9-6-5-7-10-14/h6-12,14,16H,13H2,1-5H3,(H,21,23)(H,22,25);5-11,13,15H,12H2,1-4H3,(H,20,22)(H,21,25)(H,23,24)/b12-9+;11-8+/t14-,16+;13-,15+/m00/s1. The molecule has 2 aromatic rings. The number of alkyl carbamates (subject to hydrolysis) is 2. The number of carbonyl (C=O) groups excluding carboxylic acids is 5. The van der Waals surface area contributed by atoms with Gasteiger partial charge in [-0.2, -0.15) is 0 Å². The van der Waals surface area contributed by atoms with Crippen LogP contribution in [-0.4, -0.2) is 83.5 Å². The lowest BCUT2D eigenvalue weighted by molar-refractivity contribution is -0.144. The van der Waals surface area contributed by atoms with Crippen molar-refractivity contribution in [3.05, 3.63) is 83.9 Å². The summed E-state index contributed by atoms with van der Waals surface area (Å²) in [5.41, 5.74) is 0.517. The van der Waals surface area contributed by atoms with Gasteiger partial charge in [-0.1, -0.05) is 85.0 Å². The molecule has 0 saturated carbocycles. The number of amides is 4. The molecular formula is C39H54N4O10. The molecule has 5 N–H and O–H groups in total. The summed E-state index contributed by atoms with van der Waals surface area (Å²) in [6.45, 7) is 13.2. The van der Waals surface area contributed by atoms with Crippen LogP contribution in [0.3, 0.4) is 0 Å². The van der Waals surface area contributed by atoms with E-state index in [0.29, 0.717) is 0 Å². The summed E-state index contributed by atoms with van der Waals surface area (Å²) in [6.07, 6.45) is 6.15. The zero-order valence-corrected chi connectivity index (χ0v) is 31.9. The van der Waals surface area contributed by atoms with Gasteiger partial charge in [-0.25, -0.2) is 14.4 Å². The predicted molar refractivity (Wildman–Crippen MR) is 201 cm³/mol. The third-order valence-corrected chi connectivity index (χ3v) is 6.62. The number of carbonyl (C=O) groups is 6. The highest BCUT2D eigenvalue weighted by Gasteiger charge is 2.27. The van der Waals surface area contributed by atoms with Crippen LogP contribution in [0.25, 0.3) is 12.2 Å². The van der Waals surface area contributed by atoms with Gasteiger partial charge < -0.3 is 40.6 Å². The molecule has 290 valence electrons. The average Bonchev–Trinajstić information content (AvgIpc) is 3.06. The number of ether oxygens (including phenoxy) is 3. The highest BCUT2D eigenvalue weighted by atomic mass is 16.6. The number of rotatable bonds is 14. The number of nitrogens with one attached hydrogen (secondary N) is 4. The molecule has 0 radical (unpaired) electrons. The summed E-state index contributed by atoms with van der Waals surface area (Å²) in [5.74, 6) is -2.83. The lowest BCUT2D eigenvalue weighted by Gasteiger charge is -2.23. The molecular weight excluding hydrogens is 684 g/mol. The predicted octanol–water partition coefficient (Wildman–Crippen LogP) is 5.23. The fraction of sp³-hybridized carbons (Fsp3) is 0.436. The molecule has 53 heavy (non-hydrogen) atoms. The van der Waals surface area contributed by atoms with E-state index in [4.69, 9.17) is 14.6 Å². The molecule has 0 aliphatic rings. The molecule has 0 fully saturated rings. The maximum absolute atomic E-state index is 12.5. The number of carboxylic acid groups (broad SMARTS) is 1. The Morgan fingerprint density at radius 3 is 1.30 bits per heavy atom. The normalized spacial score (nSPS) is 13.6. The summed E-state index contributed by atoms with van der Waals surface area (Å²) in [6, 6.07) is 15.3. The van der Waals surface area contributed by atoms with Crippen LogP contribution in [0.4, 0.5) is 9.59 Å². The number of carboxylic acids is 1. The molecule has 0 spiro atoms. The van der Waals surface area contributed by atoms with E-state index in [1.165, 1.54) is 21.0 Å². The van der Waals surface area contributed by atoms with Gasteiger partial charge in [-0.15, -0.1) is 0 Å². The fourth-order valence-corrected chi connectivity index (χ4v) is 4.10. The Morgan fingerprint density at radius 1 is 0.623 bits per heavy atom. The Balaban J connectivity index is 0.000000530. The lowest BCUT2D eigenvalue weighted by atomic mass is 10.1. The average molecular weight is 739 g/mol. The molecule has 2 rings (SSSR count). The van der Waals surface area contributed by atoms with Gasteiger partial charge in [0.05, 0.1) is 7.11 Å². The monoisotopic (exact) mass is 738 g/mol. The third-order valence-electron chi connectivity index (χ3n) is 6.62. The molecule has 0 heterocycles. The minimum atomic E-state index is -1.16. The summed E-state index contributed by atoms with van der Waals surface area (Å²) in [4.78, 5) is 71.3. The topological polar surface area (TPSA) is 198 Å². The molecule has 4 amide bonds. The molecule has 0 aliphatic carbocycles. The molecule has 2 aromatic carbocycles. The Labute approximate surface area is 311 Å². The van der Waals surface area contributed by atoms with E-state index >= 15 is 0 Å². The van der Waals surface area contributed by atoms with E-state index in [1.54, 1.807) is 53.7 Å². The number of benzene rings is 2. The van der Waals surface area contributed by atoms with Gasteiger partial charge in [0, 0.05) is 0 Å². The first kappa shape index (κ1) is 45.4. The van der Waals surface area contributed by atoms with Crippen molar-refractivity contribution in [3.8, 4) is 0 Å². The first-order valence-corrected chi connectivity index (χ1v) is 17.0. The summed E-state index contributed by atoms with van der Waals surface area (Å²) < 4.78 is 15.0. The van der Waals surface area contributed by atoms with Crippen molar-refractivity contribution < 1.29 is 48.1 Å². The van der Waals surface area contributed by atoms with Gasteiger partial charge in [0.2, 0.25) is 11.8 Å². The van der Waals surface area contributed by atoms with E-state index in [-0.39, 0.29) is 12.8 Å². The molecule has 4 atom stereocenters. The second kappa shape index (κ2) is 22.3. The summed E-state index contributed by atoms with van der Waals surface area (Å²) >= 11 is 0. The van der Waals surface area contributed by atoms with E-state index < -0.39 is 71.3 Å². The van der Waals surface area contributed by atoms with Crippen molar-refractivity contribution in [1.29, 1.82) is 0 Å². The Kier molecular flexibility index (Phi) is 19.1. The molecule has 14 heteroatoms. The van der Waals surface area contributed by atoms with Gasteiger partial charge in [0.1, 0.15) is 35.4 Å². The molecule has 0 unspecified atom stereocenters. The highest BCUT2D eigenvalue weighted by molar-refractivity contribution is 5.90. The first-order chi connectivity index (χ1) is 24.7. The maximum atomic E-state index is 12.5. The van der Waals surface area contributed by atoms with Crippen LogP contribution >= 0.6 is 0 Å². The van der Waals surface area contributed by atoms with Crippen LogP contribution in [0.5, 0.6) is 0 Å². The van der Waals surface area contributed by atoms with E-state index in [0.717, 1.165) is 11.1 Å². The number of hydrogen-bond donors (Lipinski definition) is 5. The van der Waals surface area contributed by atoms with Crippen LogP contribution in [0.1, 0.15) is 79.4 Å². The molecule has 0 bridgehead atoms. The molecule has 0 saturated heterocycles. The van der Waals surface area contributed by atoms with Crippen LogP contribution < -0.4 is 21.3 Å². The Bertz CT molecular complexity index is 1550. The van der Waals surface area contributed by atoms with Gasteiger partial charge in [-0.05, 0) is 79.4 Å². The van der Waals surface area contributed by atoms with Gasteiger partial charge in [0.15, 0.2) is 0 Å². The van der Waals surface area contributed by atoms with Gasteiger partial charge >= 0.3 is 24.1 Å². The number of esters is 1. The Hall–Kier alpha value is -5.66. The van der Waals surface area contributed by atoms with Crippen molar-refractivity contribution in [1.82, 2.24) is 21.3 Å². The van der Waals surface area contributed by atoms with E-state index in [1.807, 2.05) is 72.8 Å². The van der Waals surface area contributed by atoms with Crippen LogP contribution in [-0.2, 0) is 33.4 Å². The summed E-state index contributed by atoms with van der Waals surface area (Å²) in [7, 11) is 1.24. The van der Waals surface area contributed by atoms with E-state index in [2.05, 4.69) is 26.0 Å². The van der Waals surface area contributed by atoms with E-state index in [9.17, 15) is 28.8 Å². The minimum Gasteiger partial charge on any atom is -0.480 e. The fourth-order valence-electron chi connectivity index (χ4n) is 4.10. The number of aliphatic carboxylic acids is 1. The van der Waals surface area contributed by atoms with Crippen LogP contribution in [0.15, 0.2) is 72.8 Å². The first-order valence-electron chi connectivity index (χ1n) is 17.0. The second-order valence-corrected chi connectivity index (χ2v) is 13.8. The SMILES string of the molecule is COC(=O)[C@H](C)NC(=O)[C@@H](C/C=C/c1ccccc1)NC(=O)OC(C)(C)C.C[C@H](NC(=O)[C@@H](C/C=C/c1ccccc1)NC(=O)OC(C)(C)C)C(=O)O. The van der Waals surface area contributed by atoms with Gasteiger partial charge in [0.25, 0.3) is 0 Å². The zero-order chi connectivity index (χ0) is 40.2. The molecule has 0 aromatic heterocycles. The molecule has 0 aliphatic heterocycles. The second-order valence-electron chi connectivity index (χ2n) is 13.8. The maximum Gasteiger partial charge on any atom is 0.408 e. The smallest absolute Gasteiger partial charge is 0.408 e. The quantitative estimate of drug-likeness (QED) is 0.126. The van der Waals surface area contributed by atoms with Crippen molar-refractivity contribution in [3.63, 3.8) is 0 Å². The lowest BCUT2D eigenvalue weighted by Crippen LogP contribution is -2.51.